The van der Waals surface area contributed by atoms with Gasteiger partial charge in [-0.05, 0) is 25.1 Å². The Bertz CT molecular complexity index is 529. The molecular formula is C14H14O4. The van der Waals surface area contributed by atoms with Crippen molar-refractivity contribution < 1.29 is 19.1 Å². The number of aromatic hydroxyl groups is 1. The summed E-state index contributed by atoms with van der Waals surface area (Å²) in [6, 6.07) is 8.66. The summed E-state index contributed by atoms with van der Waals surface area (Å²) in [5.74, 6) is 0.392. The van der Waals surface area contributed by atoms with E-state index >= 15 is 0 Å². The second-order valence-electron chi connectivity index (χ2n) is 3.80. The van der Waals surface area contributed by atoms with Crippen molar-refractivity contribution in [3.63, 3.8) is 0 Å². The largest absolute Gasteiger partial charge is 0.508 e. The average molecular weight is 246 g/mol. The van der Waals surface area contributed by atoms with E-state index in [9.17, 15) is 9.90 Å². The lowest BCUT2D eigenvalue weighted by molar-refractivity contribution is -0.142. The van der Waals surface area contributed by atoms with E-state index < -0.39 is 0 Å². The van der Waals surface area contributed by atoms with Gasteiger partial charge in [-0.1, -0.05) is 12.1 Å². The van der Waals surface area contributed by atoms with Crippen LogP contribution in [0.3, 0.4) is 0 Å². The molecule has 0 amide bonds. The van der Waals surface area contributed by atoms with E-state index in [2.05, 4.69) is 0 Å². The summed E-state index contributed by atoms with van der Waals surface area (Å²) in [6.07, 6.45) is 1.64. The van der Waals surface area contributed by atoms with E-state index in [1.54, 1.807) is 43.5 Å². The minimum Gasteiger partial charge on any atom is -0.508 e. The monoisotopic (exact) mass is 246 g/mol. The summed E-state index contributed by atoms with van der Waals surface area (Å²) in [4.78, 5) is 11.3. The highest BCUT2D eigenvalue weighted by Crippen LogP contribution is 2.27. The molecule has 0 aliphatic rings. The third kappa shape index (κ3) is 2.71. The lowest BCUT2D eigenvalue weighted by atomic mass is 10.1. The minimum atomic E-state index is -0.349. The number of ether oxygens (including phenoxy) is 1. The van der Waals surface area contributed by atoms with Gasteiger partial charge in [-0.3, -0.25) is 4.79 Å². The predicted molar refractivity (Wildman–Crippen MR) is 66.1 cm³/mol. The molecule has 1 aromatic heterocycles. The van der Waals surface area contributed by atoms with Crippen molar-refractivity contribution in [2.24, 2.45) is 0 Å². The Kier molecular flexibility index (Phi) is 3.67. The van der Waals surface area contributed by atoms with E-state index in [4.69, 9.17) is 9.15 Å². The fraction of sp³-hybridized carbons (Fsp3) is 0.214. The SMILES string of the molecule is CCOC(=O)Cc1ccc(-c2ccco2)cc1O. The molecule has 18 heavy (non-hydrogen) atoms. The van der Waals surface area contributed by atoms with Gasteiger partial charge in [0.2, 0.25) is 0 Å². The number of rotatable bonds is 4. The van der Waals surface area contributed by atoms with Crippen molar-refractivity contribution in [1.29, 1.82) is 0 Å². The number of benzene rings is 1. The van der Waals surface area contributed by atoms with Gasteiger partial charge in [0.05, 0.1) is 19.3 Å². The topological polar surface area (TPSA) is 59.7 Å². The number of hydrogen-bond acceptors (Lipinski definition) is 4. The minimum absolute atomic E-state index is 0.0666. The molecule has 0 radical (unpaired) electrons. The first-order valence-corrected chi connectivity index (χ1v) is 5.72. The molecule has 0 aliphatic carbocycles. The summed E-state index contributed by atoms with van der Waals surface area (Å²) in [6.45, 7) is 2.09. The van der Waals surface area contributed by atoms with Crippen LogP contribution < -0.4 is 0 Å². The lowest BCUT2D eigenvalue weighted by Crippen LogP contribution is -2.07. The smallest absolute Gasteiger partial charge is 0.310 e. The Morgan fingerprint density at radius 3 is 2.83 bits per heavy atom. The van der Waals surface area contributed by atoms with Crippen LogP contribution in [0.15, 0.2) is 41.0 Å². The fourth-order valence-corrected chi connectivity index (χ4v) is 1.68. The Labute approximate surface area is 105 Å². The molecular weight excluding hydrogens is 232 g/mol. The third-order valence-corrected chi connectivity index (χ3v) is 2.53. The lowest BCUT2D eigenvalue weighted by Gasteiger charge is -2.06. The highest BCUT2D eigenvalue weighted by molar-refractivity contribution is 5.74. The Morgan fingerprint density at radius 2 is 2.22 bits per heavy atom. The first-order chi connectivity index (χ1) is 8.70. The number of hydrogen-bond donors (Lipinski definition) is 1. The summed E-state index contributed by atoms with van der Waals surface area (Å²) in [5, 5.41) is 9.86. The number of carbonyl (C=O) groups is 1. The van der Waals surface area contributed by atoms with Crippen LogP contribution in [0.2, 0.25) is 0 Å². The molecule has 0 fully saturated rings. The molecule has 1 heterocycles. The molecule has 1 aromatic carbocycles. The average Bonchev–Trinajstić information content (AvgIpc) is 2.85. The van der Waals surface area contributed by atoms with Gasteiger partial charge in [-0.25, -0.2) is 0 Å². The molecule has 4 heteroatoms. The highest BCUT2D eigenvalue weighted by atomic mass is 16.5. The molecule has 94 valence electrons. The van der Waals surface area contributed by atoms with E-state index in [0.29, 0.717) is 17.9 Å². The Balaban J connectivity index is 2.18. The highest BCUT2D eigenvalue weighted by Gasteiger charge is 2.10. The number of phenolic OH excluding ortho intramolecular Hbond substituents is 1. The van der Waals surface area contributed by atoms with E-state index in [-0.39, 0.29) is 18.1 Å². The molecule has 2 aromatic rings. The summed E-state index contributed by atoms with van der Waals surface area (Å²) in [5.41, 5.74) is 1.31. The van der Waals surface area contributed by atoms with Crippen LogP contribution in [0.1, 0.15) is 12.5 Å². The molecule has 2 rings (SSSR count). The molecule has 0 saturated carbocycles. The number of carbonyl (C=O) groups excluding carboxylic acids is 1. The van der Waals surface area contributed by atoms with Crippen molar-refractivity contribution in [3.05, 3.63) is 42.2 Å². The molecule has 1 N–H and O–H groups in total. The summed E-state index contributed by atoms with van der Waals surface area (Å²) in [7, 11) is 0. The number of furan rings is 1. The standard InChI is InChI=1S/C14H14O4/c1-2-17-14(16)9-10-5-6-11(8-12(10)15)13-4-3-7-18-13/h3-8,15H,2,9H2,1H3. The van der Waals surface area contributed by atoms with Gasteiger partial charge >= 0.3 is 5.97 Å². The van der Waals surface area contributed by atoms with Crippen LogP contribution in [0.25, 0.3) is 11.3 Å². The zero-order valence-electron chi connectivity index (χ0n) is 10.1. The second kappa shape index (κ2) is 5.40. The molecule has 0 aliphatic heterocycles. The third-order valence-electron chi connectivity index (χ3n) is 2.53. The van der Waals surface area contributed by atoms with Crippen LogP contribution in [-0.2, 0) is 16.0 Å². The molecule has 0 bridgehead atoms. The van der Waals surface area contributed by atoms with Crippen molar-refractivity contribution in [2.75, 3.05) is 6.61 Å². The normalized spacial score (nSPS) is 10.3. The molecule has 0 spiro atoms. The van der Waals surface area contributed by atoms with Crippen LogP contribution in [0.4, 0.5) is 0 Å². The van der Waals surface area contributed by atoms with Crippen molar-refractivity contribution in [3.8, 4) is 17.1 Å². The van der Waals surface area contributed by atoms with Crippen molar-refractivity contribution >= 4 is 5.97 Å². The van der Waals surface area contributed by atoms with E-state index in [1.807, 2.05) is 0 Å². The van der Waals surface area contributed by atoms with Gasteiger partial charge in [0.15, 0.2) is 0 Å². The van der Waals surface area contributed by atoms with Crippen LogP contribution in [0.5, 0.6) is 5.75 Å². The molecule has 0 atom stereocenters. The van der Waals surface area contributed by atoms with E-state index in [0.717, 1.165) is 5.56 Å². The second-order valence-corrected chi connectivity index (χ2v) is 3.80. The van der Waals surface area contributed by atoms with Gasteiger partial charge in [-0.2, -0.15) is 0 Å². The van der Waals surface area contributed by atoms with Crippen LogP contribution >= 0.6 is 0 Å². The zero-order valence-corrected chi connectivity index (χ0v) is 10.1. The first-order valence-electron chi connectivity index (χ1n) is 5.72. The molecule has 0 unspecified atom stereocenters. The Morgan fingerprint density at radius 1 is 1.39 bits per heavy atom. The maximum absolute atomic E-state index is 11.3. The first kappa shape index (κ1) is 12.2. The van der Waals surface area contributed by atoms with Crippen molar-refractivity contribution in [2.45, 2.75) is 13.3 Å². The van der Waals surface area contributed by atoms with Crippen LogP contribution in [-0.4, -0.2) is 17.7 Å². The summed E-state index contributed by atoms with van der Waals surface area (Å²) < 4.78 is 10.1. The van der Waals surface area contributed by atoms with Crippen molar-refractivity contribution in [1.82, 2.24) is 0 Å². The summed E-state index contributed by atoms with van der Waals surface area (Å²) >= 11 is 0. The van der Waals surface area contributed by atoms with Gasteiger partial charge in [-0.15, -0.1) is 0 Å². The molecule has 4 nitrogen and oxygen atoms in total. The molecule has 0 saturated heterocycles. The maximum Gasteiger partial charge on any atom is 0.310 e. The number of phenols is 1. The fourth-order valence-electron chi connectivity index (χ4n) is 1.68. The van der Waals surface area contributed by atoms with Gasteiger partial charge in [0.1, 0.15) is 11.5 Å². The predicted octanol–water partition coefficient (Wildman–Crippen LogP) is 2.76. The zero-order chi connectivity index (χ0) is 13.0. The van der Waals surface area contributed by atoms with E-state index in [1.165, 1.54) is 0 Å². The Hall–Kier alpha value is -2.23. The van der Waals surface area contributed by atoms with Gasteiger partial charge < -0.3 is 14.3 Å². The number of esters is 1. The van der Waals surface area contributed by atoms with Gasteiger partial charge in [0, 0.05) is 11.1 Å². The maximum atomic E-state index is 11.3. The van der Waals surface area contributed by atoms with Crippen LogP contribution in [0, 0.1) is 0 Å². The quantitative estimate of drug-likeness (QED) is 0.843. The van der Waals surface area contributed by atoms with Gasteiger partial charge in [0.25, 0.3) is 0 Å².